The SMILES string of the molecule is CC1=CC[C@H]2C(C)(C)C(NO)=CC[C@@]2(C)[C@@H]1COc1ccc2ccc(=O)oc2c1. The average molecular weight is 395 g/mol. The maximum absolute atomic E-state index is 11.5. The first-order valence-corrected chi connectivity index (χ1v) is 10.2. The summed E-state index contributed by atoms with van der Waals surface area (Å²) in [5, 5.41) is 10.5. The minimum atomic E-state index is -0.361. The Bertz CT molecular complexity index is 1050. The Morgan fingerprint density at radius 1 is 1.21 bits per heavy atom. The van der Waals surface area contributed by atoms with Crippen molar-refractivity contribution in [2.75, 3.05) is 6.61 Å². The van der Waals surface area contributed by atoms with Crippen LogP contribution in [0.1, 0.15) is 40.5 Å². The molecule has 3 atom stereocenters. The molecule has 0 radical (unpaired) electrons. The Morgan fingerprint density at radius 3 is 2.72 bits per heavy atom. The highest BCUT2D eigenvalue weighted by molar-refractivity contribution is 5.77. The van der Waals surface area contributed by atoms with Crippen molar-refractivity contribution >= 4 is 11.0 Å². The van der Waals surface area contributed by atoms with Gasteiger partial charge in [0.05, 0.1) is 6.61 Å². The van der Waals surface area contributed by atoms with Gasteiger partial charge in [-0.1, -0.05) is 38.5 Å². The van der Waals surface area contributed by atoms with Crippen molar-refractivity contribution in [2.45, 2.75) is 40.5 Å². The summed E-state index contributed by atoms with van der Waals surface area (Å²) in [5.41, 5.74) is 4.73. The Balaban J connectivity index is 1.61. The maximum atomic E-state index is 11.5. The molecule has 2 aromatic rings. The summed E-state index contributed by atoms with van der Waals surface area (Å²) in [5.74, 6) is 1.35. The number of allylic oxidation sites excluding steroid dienone is 3. The van der Waals surface area contributed by atoms with Crippen LogP contribution < -0.4 is 15.8 Å². The largest absolute Gasteiger partial charge is 0.493 e. The monoisotopic (exact) mass is 395 g/mol. The van der Waals surface area contributed by atoms with Crippen LogP contribution in [0.4, 0.5) is 0 Å². The molecule has 0 aliphatic heterocycles. The van der Waals surface area contributed by atoms with Gasteiger partial charge in [-0.2, -0.15) is 0 Å². The minimum Gasteiger partial charge on any atom is -0.493 e. The normalized spacial score (nSPS) is 28.3. The van der Waals surface area contributed by atoms with E-state index in [4.69, 9.17) is 9.15 Å². The maximum Gasteiger partial charge on any atom is 0.336 e. The zero-order chi connectivity index (χ0) is 20.8. The van der Waals surface area contributed by atoms with E-state index in [2.05, 4.69) is 45.3 Å². The Labute approximate surface area is 171 Å². The summed E-state index contributed by atoms with van der Waals surface area (Å²) in [4.78, 5) is 11.5. The number of fused-ring (bicyclic) bond motifs is 2. The molecule has 0 fully saturated rings. The second-order valence-corrected chi connectivity index (χ2v) is 9.22. The molecule has 5 nitrogen and oxygen atoms in total. The molecule has 1 aromatic carbocycles. The van der Waals surface area contributed by atoms with Gasteiger partial charge in [0.15, 0.2) is 0 Å². The highest BCUT2D eigenvalue weighted by Crippen LogP contribution is 2.59. The van der Waals surface area contributed by atoms with Crippen LogP contribution in [0.15, 0.2) is 63.0 Å². The van der Waals surface area contributed by atoms with Gasteiger partial charge in [-0.3, -0.25) is 10.7 Å². The van der Waals surface area contributed by atoms with Gasteiger partial charge in [0.25, 0.3) is 0 Å². The van der Waals surface area contributed by atoms with Gasteiger partial charge in [0.2, 0.25) is 0 Å². The van der Waals surface area contributed by atoms with Crippen LogP contribution in [0.3, 0.4) is 0 Å². The molecule has 0 spiro atoms. The lowest BCUT2D eigenvalue weighted by Crippen LogP contribution is -2.51. The fourth-order valence-electron chi connectivity index (χ4n) is 5.48. The number of hydrogen-bond acceptors (Lipinski definition) is 5. The van der Waals surface area contributed by atoms with Gasteiger partial charge in [0.1, 0.15) is 11.3 Å². The number of rotatable bonds is 4. The van der Waals surface area contributed by atoms with E-state index in [-0.39, 0.29) is 22.4 Å². The lowest BCUT2D eigenvalue weighted by Gasteiger charge is -2.55. The van der Waals surface area contributed by atoms with Gasteiger partial charge in [-0.05, 0) is 49.3 Å². The van der Waals surface area contributed by atoms with Crippen LogP contribution in [-0.4, -0.2) is 11.8 Å². The molecular formula is C24H29NO4. The van der Waals surface area contributed by atoms with E-state index in [1.54, 1.807) is 12.1 Å². The fourth-order valence-corrected chi connectivity index (χ4v) is 5.48. The molecule has 5 heteroatoms. The molecule has 0 saturated carbocycles. The Morgan fingerprint density at radius 2 is 1.97 bits per heavy atom. The molecule has 29 heavy (non-hydrogen) atoms. The first-order chi connectivity index (χ1) is 13.8. The topological polar surface area (TPSA) is 71.7 Å². The third kappa shape index (κ3) is 3.27. The predicted molar refractivity (Wildman–Crippen MR) is 113 cm³/mol. The minimum absolute atomic E-state index is 0.0338. The number of hydroxylamine groups is 1. The van der Waals surface area contributed by atoms with Crippen molar-refractivity contribution in [3.63, 3.8) is 0 Å². The van der Waals surface area contributed by atoms with Crippen LogP contribution in [-0.2, 0) is 0 Å². The summed E-state index contributed by atoms with van der Waals surface area (Å²) < 4.78 is 11.5. The van der Waals surface area contributed by atoms with Crippen molar-refractivity contribution in [2.24, 2.45) is 22.7 Å². The molecule has 154 valence electrons. The first kappa shape index (κ1) is 19.8. The van der Waals surface area contributed by atoms with Gasteiger partial charge >= 0.3 is 5.63 Å². The third-order valence-corrected chi connectivity index (χ3v) is 7.26. The average Bonchev–Trinajstić information content (AvgIpc) is 2.66. The van der Waals surface area contributed by atoms with Crippen molar-refractivity contribution < 1.29 is 14.4 Å². The van der Waals surface area contributed by atoms with Crippen LogP contribution in [0, 0.1) is 22.7 Å². The number of hydrogen-bond donors (Lipinski definition) is 2. The number of ether oxygens (including phenoxy) is 1. The van der Waals surface area contributed by atoms with E-state index in [9.17, 15) is 10.0 Å². The highest BCUT2D eigenvalue weighted by Gasteiger charge is 2.53. The van der Waals surface area contributed by atoms with E-state index in [0.717, 1.165) is 23.9 Å². The van der Waals surface area contributed by atoms with E-state index < -0.39 is 0 Å². The summed E-state index contributed by atoms with van der Waals surface area (Å²) in [6, 6.07) is 8.80. The summed E-state index contributed by atoms with van der Waals surface area (Å²) in [6.45, 7) is 9.48. The zero-order valence-corrected chi connectivity index (χ0v) is 17.5. The third-order valence-electron chi connectivity index (χ3n) is 7.26. The molecular weight excluding hydrogens is 366 g/mol. The lowest BCUT2D eigenvalue weighted by molar-refractivity contribution is -0.0123. The van der Waals surface area contributed by atoms with Gasteiger partial charge in [0, 0.05) is 34.5 Å². The molecule has 2 aliphatic carbocycles. The lowest BCUT2D eigenvalue weighted by atomic mass is 9.50. The van der Waals surface area contributed by atoms with Crippen LogP contribution in [0.2, 0.25) is 0 Å². The van der Waals surface area contributed by atoms with Crippen molar-refractivity contribution in [1.82, 2.24) is 5.48 Å². The number of benzene rings is 1. The molecule has 4 rings (SSSR count). The Hall–Kier alpha value is -2.53. The molecule has 0 amide bonds. The summed E-state index contributed by atoms with van der Waals surface area (Å²) in [7, 11) is 0. The molecule has 0 bridgehead atoms. The second-order valence-electron chi connectivity index (χ2n) is 9.22. The quantitative estimate of drug-likeness (QED) is 0.430. The fraction of sp³-hybridized carbons (Fsp3) is 0.458. The first-order valence-electron chi connectivity index (χ1n) is 10.2. The zero-order valence-electron chi connectivity index (χ0n) is 17.5. The van der Waals surface area contributed by atoms with E-state index in [0.29, 0.717) is 23.9 Å². The van der Waals surface area contributed by atoms with Crippen LogP contribution in [0.25, 0.3) is 11.0 Å². The van der Waals surface area contributed by atoms with Crippen LogP contribution in [0.5, 0.6) is 5.75 Å². The van der Waals surface area contributed by atoms with Crippen molar-refractivity contribution in [3.05, 3.63) is 64.2 Å². The van der Waals surface area contributed by atoms with E-state index in [1.165, 1.54) is 11.6 Å². The van der Waals surface area contributed by atoms with E-state index >= 15 is 0 Å². The standard InChI is InChI=1S/C24H29NO4/c1-15-5-9-20-23(2,3)21(25-27)11-12-24(20,4)18(15)14-28-17-8-6-16-7-10-22(26)29-19(16)13-17/h5-8,10-11,13,18,20,25,27H,9,12,14H2,1-4H3/t18-,20+,24+/m1/s1. The smallest absolute Gasteiger partial charge is 0.336 e. The van der Waals surface area contributed by atoms with E-state index in [1.807, 2.05) is 12.1 Å². The number of nitrogens with one attached hydrogen (secondary N) is 1. The molecule has 1 heterocycles. The molecule has 0 unspecified atom stereocenters. The molecule has 1 aromatic heterocycles. The summed E-state index contributed by atoms with van der Waals surface area (Å²) in [6.07, 6.45) is 6.33. The summed E-state index contributed by atoms with van der Waals surface area (Å²) >= 11 is 0. The van der Waals surface area contributed by atoms with Crippen molar-refractivity contribution in [3.8, 4) is 5.75 Å². The van der Waals surface area contributed by atoms with Crippen molar-refractivity contribution in [1.29, 1.82) is 0 Å². The van der Waals surface area contributed by atoms with Crippen LogP contribution >= 0.6 is 0 Å². The highest BCUT2D eigenvalue weighted by atomic mass is 16.5. The van der Waals surface area contributed by atoms with Gasteiger partial charge < -0.3 is 9.15 Å². The van der Waals surface area contributed by atoms with Gasteiger partial charge in [-0.15, -0.1) is 0 Å². The molecule has 2 aliphatic rings. The Kier molecular flexibility index (Phi) is 4.82. The van der Waals surface area contributed by atoms with Gasteiger partial charge in [-0.25, -0.2) is 4.79 Å². The molecule has 2 N–H and O–H groups in total. The predicted octanol–water partition coefficient (Wildman–Crippen LogP) is 5.05. The molecule has 0 saturated heterocycles. The second kappa shape index (κ2) is 7.06.